The van der Waals surface area contributed by atoms with Crippen molar-refractivity contribution in [1.82, 2.24) is 5.32 Å². The van der Waals surface area contributed by atoms with Crippen molar-refractivity contribution < 1.29 is 0 Å². The molecule has 86 valence electrons. The van der Waals surface area contributed by atoms with E-state index < -0.39 is 0 Å². The fourth-order valence-electron chi connectivity index (χ4n) is 2.38. The van der Waals surface area contributed by atoms with Crippen LogP contribution in [0.3, 0.4) is 0 Å². The molecular weight excluding hydrogens is 210 g/mol. The summed E-state index contributed by atoms with van der Waals surface area (Å²) in [4.78, 5) is 0. The van der Waals surface area contributed by atoms with Gasteiger partial charge in [-0.15, -0.1) is 0 Å². The van der Waals surface area contributed by atoms with E-state index in [2.05, 4.69) is 17.5 Å². The summed E-state index contributed by atoms with van der Waals surface area (Å²) in [7, 11) is 0. The van der Waals surface area contributed by atoms with Gasteiger partial charge < -0.3 is 0 Å². The van der Waals surface area contributed by atoms with Crippen molar-refractivity contribution in [2.45, 2.75) is 37.8 Å². The van der Waals surface area contributed by atoms with Crippen LogP contribution in [0, 0.1) is 22.7 Å². The molecule has 0 aliphatic heterocycles. The lowest BCUT2D eigenvalue weighted by Crippen LogP contribution is -2.30. The number of hydrogen-bond acceptors (Lipinski definition) is 3. The second-order valence-electron chi connectivity index (χ2n) is 4.41. The minimum Gasteiger partial charge on any atom is -0.295 e. The Morgan fingerprint density at radius 1 is 1.18 bits per heavy atom. The molecule has 0 spiro atoms. The van der Waals surface area contributed by atoms with Crippen molar-refractivity contribution in [1.29, 1.82) is 10.5 Å². The van der Waals surface area contributed by atoms with Gasteiger partial charge >= 0.3 is 0 Å². The van der Waals surface area contributed by atoms with E-state index in [4.69, 9.17) is 5.26 Å². The molecule has 1 aromatic rings. The molecule has 1 atom stereocenters. The molecule has 17 heavy (non-hydrogen) atoms. The summed E-state index contributed by atoms with van der Waals surface area (Å²) in [5.41, 5.74) is 1.38. The Hall–Kier alpha value is -1.84. The maximum absolute atomic E-state index is 9.24. The lowest BCUT2D eigenvalue weighted by atomic mass is 10.0. The zero-order chi connectivity index (χ0) is 12.1. The van der Waals surface area contributed by atoms with Gasteiger partial charge in [0.05, 0.1) is 17.7 Å². The first-order valence-corrected chi connectivity index (χ1v) is 6.00. The molecule has 1 unspecified atom stereocenters. The summed E-state index contributed by atoms with van der Waals surface area (Å²) in [6.07, 6.45) is 4.73. The van der Waals surface area contributed by atoms with E-state index in [0.29, 0.717) is 11.6 Å². The molecule has 3 nitrogen and oxygen atoms in total. The van der Waals surface area contributed by atoms with Gasteiger partial charge in [0, 0.05) is 11.6 Å². The Bertz CT molecular complexity index is 461. The molecule has 1 fully saturated rings. The predicted molar refractivity (Wildman–Crippen MR) is 64.9 cm³/mol. The van der Waals surface area contributed by atoms with Crippen LogP contribution in [0.1, 0.15) is 42.9 Å². The van der Waals surface area contributed by atoms with Gasteiger partial charge in [-0.25, -0.2) is 0 Å². The minimum atomic E-state index is -0.367. The molecule has 3 heteroatoms. The van der Waals surface area contributed by atoms with Gasteiger partial charge in [-0.2, -0.15) is 10.5 Å². The predicted octanol–water partition coefficient (Wildman–Crippen LogP) is 2.66. The van der Waals surface area contributed by atoms with Crippen LogP contribution in [0.15, 0.2) is 24.3 Å². The van der Waals surface area contributed by atoms with Gasteiger partial charge in [-0.3, -0.25) is 5.32 Å². The third-order valence-corrected chi connectivity index (χ3v) is 3.28. The smallest absolute Gasteiger partial charge is 0.122 e. The van der Waals surface area contributed by atoms with Crippen molar-refractivity contribution in [2.24, 2.45) is 0 Å². The van der Waals surface area contributed by atoms with E-state index in [9.17, 15) is 5.26 Å². The highest BCUT2D eigenvalue weighted by atomic mass is 15.0. The van der Waals surface area contributed by atoms with E-state index >= 15 is 0 Å². The number of nitriles is 2. The molecule has 0 bridgehead atoms. The molecule has 1 N–H and O–H groups in total. The number of hydrogen-bond donors (Lipinski definition) is 1. The van der Waals surface area contributed by atoms with Gasteiger partial charge in [0.15, 0.2) is 0 Å². The van der Waals surface area contributed by atoms with Gasteiger partial charge in [-0.1, -0.05) is 31.0 Å². The topological polar surface area (TPSA) is 59.6 Å². The molecule has 0 saturated heterocycles. The highest BCUT2D eigenvalue weighted by Crippen LogP contribution is 2.23. The number of nitrogens with one attached hydrogen (secondary N) is 1. The van der Waals surface area contributed by atoms with Gasteiger partial charge in [-0.05, 0) is 18.9 Å². The molecule has 2 rings (SSSR count). The number of benzene rings is 1. The summed E-state index contributed by atoms with van der Waals surface area (Å²) < 4.78 is 0. The highest BCUT2D eigenvalue weighted by Gasteiger charge is 2.21. The maximum atomic E-state index is 9.24. The minimum absolute atomic E-state index is 0.367. The lowest BCUT2D eigenvalue weighted by Gasteiger charge is -2.18. The third-order valence-electron chi connectivity index (χ3n) is 3.28. The maximum Gasteiger partial charge on any atom is 0.122 e. The number of nitrogens with zero attached hydrogens (tertiary/aromatic N) is 2. The van der Waals surface area contributed by atoms with Crippen LogP contribution >= 0.6 is 0 Å². The first-order chi connectivity index (χ1) is 8.35. The second kappa shape index (κ2) is 5.48. The normalized spacial score (nSPS) is 17.3. The molecular formula is C14H15N3. The van der Waals surface area contributed by atoms with Crippen LogP contribution in [0.4, 0.5) is 0 Å². The Balaban J connectivity index is 2.17. The van der Waals surface area contributed by atoms with Gasteiger partial charge in [0.25, 0.3) is 0 Å². The standard InChI is InChI=1S/C14H15N3/c15-9-11-5-1-4-8-13(11)14(10-16)17-12-6-2-3-7-12/h1,4-5,8,12,14,17H,2-3,6-7H2. The van der Waals surface area contributed by atoms with E-state index in [1.54, 1.807) is 6.07 Å². The Labute approximate surface area is 102 Å². The molecule has 1 aromatic carbocycles. The average Bonchev–Trinajstić information content (AvgIpc) is 2.89. The van der Waals surface area contributed by atoms with Crippen LogP contribution in [0.2, 0.25) is 0 Å². The van der Waals surface area contributed by atoms with E-state index in [-0.39, 0.29) is 6.04 Å². The molecule has 0 radical (unpaired) electrons. The summed E-state index contributed by atoms with van der Waals surface area (Å²) in [6, 6.07) is 11.8. The highest BCUT2D eigenvalue weighted by molar-refractivity contribution is 5.41. The lowest BCUT2D eigenvalue weighted by molar-refractivity contribution is 0.492. The monoisotopic (exact) mass is 225 g/mol. The summed E-state index contributed by atoms with van der Waals surface area (Å²) >= 11 is 0. The van der Waals surface area contributed by atoms with Crippen LogP contribution in [-0.4, -0.2) is 6.04 Å². The Kier molecular flexibility index (Phi) is 3.75. The zero-order valence-corrected chi connectivity index (χ0v) is 9.69. The van der Waals surface area contributed by atoms with Crippen molar-refractivity contribution in [3.05, 3.63) is 35.4 Å². The molecule has 0 amide bonds. The third kappa shape index (κ3) is 2.64. The molecule has 1 saturated carbocycles. The van der Waals surface area contributed by atoms with Crippen LogP contribution in [0.25, 0.3) is 0 Å². The quantitative estimate of drug-likeness (QED) is 0.860. The summed E-state index contributed by atoms with van der Waals surface area (Å²) in [5, 5.41) is 21.6. The fraction of sp³-hybridized carbons (Fsp3) is 0.429. The van der Waals surface area contributed by atoms with E-state index in [0.717, 1.165) is 18.4 Å². The molecule has 0 heterocycles. The largest absolute Gasteiger partial charge is 0.295 e. The van der Waals surface area contributed by atoms with Crippen molar-refractivity contribution in [3.8, 4) is 12.1 Å². The molecule has 0 aromatic heterocycles. The van der Waals surface area contributed by atoms with Crippen molar-refractivity contribution >= 4 is 0 Å². The number of rotatable bonds is 3. The fourth-order valence-corrected chi connectivity index (χ4v) is 2.38. The average molecular weight is 225 g/mol. The Morgan fingerprint density at radius 3 is 2.53 bits per heavy atom. The van der Waals surface area contributed by atoms with Crippen LogP contribution < -0.4 is 5.32 Å². The first-order valence-electron chi connectivity index (χ1n) is 6.00. The van der Waals surface area contributed by atoms with Crippen molar-refractivity contribution in [2.75, 3.05) is 0 Å². The summed E-state index contributed by atoms with van der Waals surface area (Å²) in [6.45, 7) is 0. The van der Waals surface area contributed by atoms with Gasteiger partial charge in [0.1, 0.15) is 6.04 Å². The van der Waals surface area contributed by atoms with Crippen LogP contribution in [0.5, 0.6) is 0 Å². The SMILES string of the molecule is N#Cc1ccccc1C(C#N)NC1CCCC1. The molecule has 1 aliphatic rings. The van der Waals surface area contributed by atoms with Crippen molar-refractivity contribution in [3.63, 3.8) is 0 Å². The van der Waals surface area contributed by atoms with E-state index in [1.807, 2.05) is 18.2 Å². The first kappa shape index (κ1) is 11.6. The Morgan fingerprint density at radius 2 is 1.88 bits per heavy atom. The summed E-state index contributed by atoms with van der Waals surface area (Å²) in [5.74, 6) is 0. The molecule has 1 aliphatic carbocycles. The second-order valence-corrected chi connectivity index (χ2v) is 4.41. The van der Waals surface area contributed by atoms with Crippen LogP contribution in [-0.2, 0) is 0 Å². The van der Waals surface area contributed by atoms with Gasteiger partial charge in [0.2, 0.25) is 0 Å². The zero-order valence-electron chi connectivity index (χ0n) is 9.69. The van der Waals surface area contributed by atoms with E-state index in [1.165, 1.54) is 12.8 Å².